The van der Waals surface area contributed by atoms with E-state index in [9.17, 15) is 28.8 Å². The zero-order valence-corrected chi connectivity index (χ0v) is 22.3. The highest BCUT2D eigenvalue weighted by atomic mass is 16.7. The fourth-order valence-corrected chi connectivity index (χ4v) is 3.87. The number of rotatable bonds is 10. The van der Waals surface area contributed by atoms with Crippen LogP contribution in [0.1, 0.15) is 41.5 Å². The van der Waals surface area contributed by atoms with Crippen molar-refractivity contribution in [1.29, 1.82) is 0 Å². The van der Waals surface area contributed by atoms with E-state index in [1.807, 2.05) is 0 Å². The van der Waals surface area contributed by atoms with E-state index in [1.165, 1.54) is 19.3 Å². The molecule has 0 aliphatic carbocycles. The quantitative estimate of drug-likeness (QED) is 0.254. The molecule has 1 fully saturated rings. The van der Waals surface area contributed by atoms with Crippen molar-refractivity contribution >= 4 is 35.8 Å². The first kappa shape index (κ1) is 31.5. The van der Waals surface area contributed by atoms with Gasteiger partial charge in [-0.25, -0.2) is 0 Å². The minimum atomic E-state index is -1.58. The van der Waals surface area contributed by atoms with Crippen LogP contribution in [0, 0.1) is 0 Å². The summed E-state index contributed by atoms with van der Waals surface area (Å²) in [6, 6.07) is 0. The van der Waals surface area contributed by atoms with Gasteiger partial charge in [0.2, 0.25) is 0 Å². The van der Waals surface area contributed by atoms with Crippen LogP contribution >= 0.6 is 0 Å². The Morgan fingerprint density at radius 2 is 1.08 bits per heavy atom. The van der Waals surface area contributed by atoms with E-state index in [-0.39, 0.29) is 6.61 Å². The molecule has 1 saturated heterocycles. The maximum absolute atomic E-state index is 12.0. The average molecular weight is 561 g/mol. The summed E-state index contributed by atoms with van der Waals surface area (Å²) in [6.45, 7) is 5.92. The van der Waals surface area contributed by atoms with Crippen molar-refractivity contribution in [2.24, 2.45) is 0 Å². The molecule has 39 heavy (non-hydrogen) atoms. The van der Waals surface area contributed by atoms with E-state index in [2.05, 4.69) is 0 Å². The Kier molecular flexibility index (Phi) is 11.7. The Labute approximate surface area is 223 Å². The molecule has 8 atom stereocenters. The third kappa shape index (κ3) is 9.83. The average Bonchev–Trinajstić information content (AvgIpc) is 2.80. The summed E-state index contributed by atoms with van der Waals surface area (Å²) in [7, 11) is 0. The number of carbonyl (C=O) groups excluding carboxylic acids is 6. The Morgan fingerprint density at radius 3 is 1.59 bits per heavy atom. The van der Waals surface area contributed by atoms with Crippen molar-refractivity contribution in [1.82, 2.24) is 0 Å². The molecular weight excluding hydrogens is 528 g/mol. The van der Waals surface area contributed by atoms with Crippen LogP contribution in [-0.2, 0) is 71.4 Å². The lowest BCUT2D eigenvalue weighted by molar-refractivity contribution is -0.328. The van der Waals surface area contributed by atoms with Crippen LogP contribution in [0.4, 0.5) is 0 Å². The highest BCUT2D eigenvalue weighted by Gasteiger charge is 2.54. The lowest BCUT2D eigenvalue weighted by Gasteiger charge is -2.46. The van der Waals surface area contributed by atoms with E-state index in [1.54, 1.807) is 0 Å². The van der Waals surface area contributed by atoms with Crippen molar-refractivity contribution < 1.29 is 71.4 Å². The minimum Gasteiger partial charge on any atom is -0.492 e. The van der Waals surface area contributed by atoms with Crippen LogP contribution in [-0.4, -0.2) is 98.0 Å². The van der Waals surface area contributed by atoms with Gasteiger partial charge in [0.25, 0.3) is 0 Å². The molecule has 0 aromatic heterocycles. The van der Waals surface area contributed by atoms with E-state index >= 15 is 0 Å². The highest BCUT2D eigenvalue weighted by molar-refractivity contribution is 5.69. The molecular formula is C24H32O15. The predicted octanol–water partition coefficient (Wildman–Crippen LogP) is -0.138. The molecule has 2 aliphatic heterocycles. The van der Waals surface area contributed by atoms with Crippen LogP contribution in [0.3, 0.4) is 0 Å². The van der Waals surface area contributed by atoms with Crippen LogP contribution in [0.2, 0.25) is 0 Å². The Balaban J connectivity index is 2.52. The van der Waals surface area contributed by atoms with Gasteiger partial charge in [0.05, 0.1) is 6.26 Å². The van der Waals surface area contributed by atoms with Crippen LogP contribution < -0.4 is 0 Å². The Morgan fingerprint density at radius 1 is 0.590 bits per heavy atom. The summed E-state index contributed by atoms with van der Waals surface area (Å²) in [5.41, 5.74) is 0. The molecule has 0 amide bonds. The van der Waals surface area contributed by atoms with Gasteiger partial charge in [0.1, 0.15) is 25.4 Å². The molecule has 0 saturated carbocycles. The first-order valence-electron chi connectivity index (χ1n) is 11.9. The molecule has 15 heteroatoms. The fraction of sp³-hybridized carbons (Fsp3) is 0.667. The van der Waals surface area contributed by atoms with Crippen LogP contribution in [0.15, 0.2) is 12.3 Å². The molecule has 0 spiro atoms. The van der Waals surface area contributed by atoms with Crippen molar-refractivity contribution in [2.45, 2.75) is 90.6 Å². The monoisotopic (exact) mass is 560 g/mol. The van der Waals surface area contributed by atoms with Gasteiger partial charge in [-0.2, -0.15) is 0 Å². The van der Waals surface area contributed by atoms with Gasteiger partial charge in [-0.1, -0.05) is 0 Å². The summed E-state index contributed by atoms with van der Waals surface area (Å²) >= 11 is 0. The summed E-state index contributed by atoms with van der Waals surface area (Å²) in [4.78, 5) is 70.6. The lowest BCUT2D eigenvalue weighted by Crippen LogP contribution is -2.64. The maximum atomic E-state index is 12.0. The van der Waals surface area contributed by atoms with Crippen LogP contribution in [0.5, 0.6) is 0 Å². The van der Waals surface area contributed by atoms with Crippen molar-refractivity contribution in [2.75, 3.05) is 13.2 Å². The van der Waals surface area contributed by atoms with E-state index in [0.29, 0.717) is 0 Å². The number of hydrogen-bond acceptors (Lipinski definition) is 15. The molecule has 2 aliphatic rings. The third-order valence-corrected chi connectivity index (χ3v) is 5.20. The zero-order valence-electron chi connectivity index (χ0n) is 22.3. The van der Waals surface area contributed by atoms with Gasteiger partial charge in [-0.3, -0.25) is 28.8 Å². The minimum absolute atomic E-state index is 0.326. The second-order valence-corrected chi connectivity index (χ2v) is 8.55. The lowest BCUT2D eigenvalue weighted by atomic mass is 9.97. The van der Waals surface area contributed by atoms with Gasteiger partial charge in [0, 0.05) is 41.5 Å². The molecule has 0 aromatic carbocycles. The highest BCUT2D eigenvalue weighted by Crippen LogP contribution is 2.32. The van der Waals surface area contributed by atoms with E-state index in [4.69, 9.17) is 42.6 Å². The predicted molar refractivity (Wildman–Crippen MR) is 123 cm³/mol. The van der Waals surface area contributed by atoms with E-state index < -0.39 is 91.4 Å². The summed E-state index contributed by atoms with van der Waals surface area (Å²) < 4.78 is 49.0. The van der Waals surface area contributed by atoms with Gasteiger partial charge in [-0.15, -0.1) is 0 Å². The Bertz CT molecular complexity index is 959. The summed E-state index contributed by atoms with van der Waals surface area (Å²) in [6.07, 6.45) is -7.97. The normalized spacial score (nSPS) is 29.7. The number of carbonyl (C=O) groups is 6. The second-order valence-electron chi connectivity index (χ2n) is 8.55. The maximum Gasteiger partial charge on any atom is 0.303 e. The van der Waals surface area contributed by atoms with E-state index in [0.717, 1.165) is 34.6 Å². The van der Waals surface area contributed by atoms with Gasteiger partial charge >= 0.3 is 35.8 Å². The Hall–Kier alpha value is -3.72. The third-order valence-electron chi connectivity index (χ3n) is 5.20. The molecule has 218 valence electrons. The zero-order chi connectivity index (χ0) is 29.3. The summed E-state index contributed by atoms with van der Waals surface area (Å²) in [5.74, 6) is -4.43. The number of esters is 6. The van der Waals surface area contributed by atoms with Crippen molar-refractivity contribution in [3.8, 4) is 0 Å². The number of hydrogen-bond donors (Lipinski definition) is 0. The first-order chi connectivity index (χ1) is 18.3. The molecule has 0 N–H and O–H groups in total. The SMILES string of the molecule is CC(=O)OC[C@@H]1O[C@H](O[C@@H]2[C@H](OC(C)=O)C=CO[C@@H]2COC(C)=O)[C@H](OC(C)=O)[C@H](OC(C)=O)[C@@H]1OC(C)=O. The summed E-state index contributed by atoms with van der Waals surface area (Å²) in [5, 5.41) is 0. The fourth-order valence-electron chi connectivity index (χ4n) is 3.87. The standard InChI is InChI=1S/C24H32O15/c1-11(25)32-9-18-20(17(7-8-31-18)34-13(3)27)39-24-23(37-16(6)30)22(36-15(5)29)21(35-14(4)28)19(38-24)10-33-12(2)26/h7-8,17-24H,9-10H2,1-6H3/t17-,18-,19+,20-,21-,22-,23-,24-/m1/s1. The molecule has 0 radical (unpaired) electrons. The van der Waals surface area contributed by atoms with Gasteiger partial charge in [-0.05, 0) is 6.08 Å². The first-order valence-corrected chi connectivity index (χ1v) is 11.9. The largest absolute Gasteiger partial charge is 0.492 e. The van der Waals surface area contributed by atoms with Crippen LogP contribution in [0.25, 0.3) is 0 Å². The van der Waals surface area contributed by atoms with Crippen molar-refractivity contribution in [3.05, 3.63) is 12.3 Å². The molecule has 15 nitrogen and oxygen atoms in total. The number of ether oxygens (including phenoxy) is 9. The molecule has 0 aromatic rings. The van der Waals surface area contributed by atoms with Crippen molar-refractivity contribution in [3.63, 3.8) is 0 Å². The molecule has 2 rings (SSSR count). The molecule has 0 bridgehead atoms. The second kappa shape index (κ2) is 14.4. The molecule has 2 heterocycles. The molecule has 0 unspecified atom stereocenters. The smallest absolute Gasteiger partial charge is 0.303 e. The van der Waals surface area contributed by atoms with Gasteiger partial charge < -0.3 is 42.6 Å². The van der Waals surface area contributed by atoms with Gasteiger partial charge in [0.15, 0.2) is 36.8 Å². The topological polar surface area (TPSA) is 185 Å².